The van der Waals surface area contributed by atoms with Gasteiger partial charge in [0.1, 0.15) is 5.75 Å². The van der Waals surface area contributed by atoms with Crippen LogP contribution in [0, 0.1) is 0 Å². The number of hydrogen-bond donors (Lipinski definition) is 3. The number of fused-ring (bicyclic) bond motifs is 1. The molecular weight excluding hydrogens is 306 g/mol. The number of carbonyl (C=O) groups excluding carboxylic acids is 2. The minimum atomic E-state index is -0.242. The summed E-state index contributed by atoms with van der Waals surface area (Å²) in [6.45, 7) is 1.21. The molecule has 3 rings (SSSR count). The molecule has 0 atom stereocenters. The molecule has 0 saturated carbocycles. The predicted octanol–water partition coefficient (Wildman–Crippen LogP) is 2.41. The molecule has 0 aromatic heterocycles. The zero-order valence-corrected chi connectivity index (χ0v) is 13.2. The highest BCUT2D eigenvalue weighted by molar-refractivity contribution is 5.93. The van der Waals surface area contributed by atoms with Crippen LogP contribution in [0.15, 0.2) is 48.5 Å². The molecule has 2 aromatic rings. The maximum atomic E-state index is 11.9. The maximum absolute atomic E-state index is 11.9. The second-order valence-corrected chi connectivity index (χ2v) is 5.50. The van der Waals surface area contributed by atoms with Gasteiger partial charge in [0.2, 0.25) is 5.91 Å². The summed E-state index contributed by atoms with van der Waals surface area (Å²) in [6, 6.07) is 15.0. The number of ether oxygens (including phenoxy) is 1. The van der Waals surface area contributed by atoms with Crippen LogP contribution in [0.2, 0.25) is 0 Å². The molecule has 6 nitrogen and oxygen atoms in total. The van der Waals surface area contributed by atoms with E-state index in [-0.39, 0.29) is 11.9 Å². The quantitative estimate of drug-likeness (QED) is 0.807. The molecule has 124 valence electrons. The van der Waals surface area contributed by atoms with Gasteiger partial charge in [0.25, 0.3) is 0 Å². The van der Waals surface area contributed by atoms with Gasteiger partial charge in [-0.25, -0.2) is 4.79 Å². The minimum absolute atomic E-state index is 0.0699. The fraction of sp³-hybridized carbons (Fsp3) is 0.222. The van der Waals surface area contributed by atoms with Crippen molar-refractivity contribution in [3.8, 4) is 5.75 Å². The Morgan fingerprint density at radius 1 is 1.04 bits per heavy atom. The van der Waals surface area contributed by atoms with Gasteiger partial charge in [0.15, 0.2) is 0 Å². The van der Waals surface area contributed by atoms with Crippen LogP contribution in [0.25, 0.3) is 0 Å². The summed E-state index contributed by atoms with van der Waals surface area (Å²) < 4.78 is 5.50. The lowest BCUT2D eigenvalue weighted by molar-refractivity contribution is -0.116. The second kappa shape index (κ2) is 7.50. The number of nitrogens with one attached hydrogen (secondary N) is 3. The van der Waals surface area contributed by atoms with Crippen LogP contribution >= 0.6 is 0 Å². The third-order valence-corrected chi connectivity index (χ3v) is 3.65. The Balaban J connectivity index is 1.53. The van der Waals surface area contributed by atoms with Crippen LogP contribution in [0.3, 0.4) is 0 Å². The van der Waals surface area contributed by atoms with Crippen LogP contribution in [0.1, 0.15) is 17.5 Å². The predicted molar refractivity (Wildman–Crippen MR) is 90.7 cm³/mol. The van der Waals surface area contributed by atoms with E-state index in [9.17, 15) is 9.59 Å². The summed E-state index contributed by atoms with van der Waals surface area (Å²) in [6.07, 6.45) is 0.337. The molecule has 0 radical (unpaired) electrons. The summed E-state index contributed by atoms with van der Waals surface area (Å²) in [5.41, 5.74) is 2.56. The maximum Gasteiger partial charge on any atom is 0.315 e. The number of benzene rings is 2. The smallest absolute Gasteiger partial charge is 0.315 e. The summed E-state index contributed by atoms with van der Waals surface area (Å²) in [7, 11) is 0. The Morgan fingerprint density at radius 2 is 1.79 bits per heavy atom. The van der Waals surface area contributed by atoms with Crippen molar-refractivity contribution in [2.45, 2.75) is 19.5 Å². The molecule has 1 heterocycles. The number of anilines is 1. The molecule has 1 aliphatic rings. The van der Waals surface area contributed by atoms with Crippen LogP contribution in [-0.4, -0.2) is 18.5 Å². The first kappa shape index (κ1) is 15.9. The van der Waals surface area contributed by atoms with E-state index in [0.29, 0.717) is 37.6 Å². The van der Waals surface area contributed by atoms with Gasteiger partial charge < -0.3 is 20.7 Å². The Kier molecular flexibility index (Phi) is 4.96. The molecule has 0 unspecified atom stereocenters. The van der Waals surface area contributed by atoms with E-state index in [4.69, 9.17) is 4.74 Å². The molecule has 6 heteroatoms. The molecule has 24 heavy (non-hydrogen) atoms. The van der Waals surface area contributed by atoms with Gasteiger partial charge in [0, 0.05) is 13.1 Å². The van der Waals surface area contributed by atoms with Gasteiger partial charge >= 0.3 is 6.03 Å². The number of carbonyl (C=O) groups is 2. The zero-order valence-electron chi connectivity index (χ0n) is 13.2. The zero-order chi connectivity index (χ0) is 16.8. The highest BCUT2D eigenvalue weighted by atomic mass is 16.5. The first-order valence-corrected chi connectivity index (χ1v) is 7.82. The standard InChI is InChI=1S/C18H19N3O3/c22-17-8-9-24-16-7-6-14(10-15(16)21-17)12-20-18(23)19-11-13-4-2-1-3-5-13/h1-7,10H,8-9,11-12H2,(H,21,22)(H2,19,20,23). The van der Waals surface area contributed by atoms with Crippen molar-refractivity contribution in [2.24, 2.45) is 0 Å². The molecule has 2 aromatic carbocycles. The summed E-state index contributed by atoms with van der Waals surface area (Å²) >= 11 is 0. The van der Waals surface area contributed by atoms with E-state index in [1.165, 1.54) is 0 Å². The van der Waals surface area contributed by atoms with E-state index in [1.807, 2.05) is 42.5 Å². The van der Waals surface area contributed by atoms with Gasteiger partial charge in [-0.1, -0.05) is 36.4 Å². The second-order valence-electron chi connectivity index (χ2n) is 5.50. The van der Waals surface area contributed by atoms with Crippen molar-refractivity contribution in [2.75, 3.05) is 11.9 Å². The summed E-state index contributed by atoms with van der Waals surface area (Å²) in [5, 5.41) is 8.41. The monoisotopic (exact) mass is 325 g/mol. The number of urea groups is 1. The van der Waals surface area contributed by atoms with E-state index in [0.717, 1.165) is 11.1 Å². The molecule has 0 saturated heterocycles. The largest absolute Gasteiger partial charge is 0.491 e. The van der Waals surface area contributed by atoms with Crippen LogP contribution < -0.4 is 20.7 Å². The highest BCUT2D eigenvalue weighted by Gasteiger charge is 2.14. The third-order valence-electron chi connectivity index (χ3n) is 3.65. The van der Waals surface area contributed by atoms with E-state index < -0.39 is 0 Å². The first-order valence-electron chi connectivity index (χ1n) is 7.82. The molecular formula is C18H19N3O3. The summed E-state index contributed by atoms with van der Waals surface area (Å²) in [4.78, 5) is 23.4. The Morgan fingerprint density at radius 3 is 2.58 bits per heavy atom. The van der Waals surface area contributed by atoms with Gasteiger partial charge in [-0.15, -0.1) is 0 Å². The normalized spacial score (nSPS) is 13.1. The molecule has 0 aliphatic carbocycles. The Hall–Kier alpha value is -3.02. The van der Waals surface area contributed by atoms with Gasteiger partial charge in [-0.3, -0.25) is 4.79 Å². The molecule has 1 aliphatic heterocycles. The molecule has 3 N–H and O–H groups in total. The van der Waals surface area contributed by atoms with Crippen LogP contribution in [-0.2, 0) is 17.9 Å². The van der Waals surface area contributed by atoms with Crippen molar-refractivity contribution in [1.29, 1.82) is 0 Å². The van der Waals surface area contributed by atoms with E-state index >= 15 is 0 Å². The fourth-order valence-electron chi connectivity index (χ4n) is 2.40. The highest BCUT2D eigenvalue weighted by Crippen LogP contribution is 2.27. The van der Waals surface area contributed by atoms with Crippen molar-refractivity contribution in [3.05, 3.63) is 59.7 Å². The number of rotatable bonds is 4. The van der Waals surface area contributed by atoms with E-state index in [2.05, 4.69) is 16.0 Å². The lowest BCUT2D eigenvalue weighted by Gasteiger charge is -2.11. The van der Waals surface area contributed by atoms with Crippen molar-refractivity contribution >= 4 is 17.6 Å². The molecule has 0 bridgehead atoms. The first-order chi connectivity index (χ1) is 11.7. The number of amides is 3. The van der Waals surface area contributed by atoms with Crippen molar-refractivity contribution < 1.29 is 14.3 Å². The van der Waals surface area contributed by atoms with Crippen LogP contribution in [0.5, 0.6) is 5.75 Å². The lowest BCUT2D eigenvalue weighted by atomic mass is 10.2. The van der Waals surface area contributed by atoms with Crippen molar-refractivity contribution in [1.82, 2.24) is 10.6 Å². The van der Waals surface area contributed by atoms with Gasteiger partial charge in [-0.2, -0.15) is 0 Å². The molecule has 3 amide bonds. The lowest BCUT2D eigenvalue weighted by Crippen LogP contribution is -2.34. The van der Waals surface area contributed by atoms with Gasteiger partial charge in [-0.05, 0) is 23.3 Å². The average molecular weight is 325 g/mol. The average Bonchev–Trinajstić information content (AvgIpc) is 2.79. The van der Waals surface area contributed by atoms with E-state index in [1.54, 1.807) is 6.07 Å². The third kappa shape index (κ3) is 4.25. The summed E-state index contributed by atoms with van der Waals surface area (Å²) in [5.74, 6) is 0.581. The Bertz CT molecular complexity index is 732. The van der Waals surface area contributed by atoms with Crippen molar-refractivity contribution in [3.63, 3.8) is 0 Å². The van der Waals surface area contributed by atoms with Crippen LogP contribution in [0.4, 0.5) is 10.5 Å². The fourth-order valence-corrected chi connectivity index (χ4v) is 2.40. The SMILES string of the molecule is O=C1CCOc2ccc(CNC(=O)NCc3ccccc3)cc2N1. The minimum Gasteiger partial charge on any atom is -0.491 e. The molecule has 0 spiro atoms. The Labute approximate surface area is 140 Å². The van der Waals surface area contributed by atoms with Gasteiger partial charge in [0.05, 0.1) is 18.7 Å². The number of hydrogen-bond acceptors (Lipinski definition) is 3. The molecule has 0 fully saturated rings. The topological polar surface area (TPSA) is 79.5 Å².